The fourth-order valence-corrected chi connectivity index (χ4v) is 2.92. The van der Waals surface area contributed by atoms with Crippen LogP contribution in [0.15, 0.2) is 24.3 Å². The zero-order chi connectivity index (χ0) is 15.9. The highest BCUT2D eigenvalue weighted by Gasteiger charge is 2.28. The standard InChI is InChI=1S/C17H22N2O3/c1-2-22-17(21)16(13-6-4-8-15(20)10-13)19-14-7-3-5-12(9-14)11-18/h4,6,8,10,12,14,16,19-20H,2-3,5,7,9H2,1H3/t12-,14-,16+/m0/s1. The fraction of sp³-hybridized carbons (Fsp3) is 0.529. The Morgan fingerprint density at radius 1 is 1.55 bits per heavy atom. The Kier molecular flexibility index (Phi) is 5.79. The van der Waals surface area contributed by atoms with Crippen molar-refractivity contribution in [2.75, 3.05) is 6.61 Å². The molecule has 0 amide bonds. The first-order chi connectivity index (χ1) is 10.6. The summed E-state index contributed by atoms with van der Waals surface area (Å²) in [6, 6.07) is 8.44. The topological polar surface area (TPSA) is 82.3 Å². The first-order valence-corrected chi connectivity index (χ1v) is 7.75. The minimum Gasteiger partial charge on any atom is -0.508 e. The Labute approximate surface area is 130 Å². The number of esters is 1. The maximum Gasteiger partial charge on any atom is 0.327 e. The molecule has 1 aliphatic carbocycles. The van der Waals surface area contributed by atoms with Gasteiger partial charge in [-0.25, -0.2) is 4.79 Å². The monoisotopic (exact) mass is 302 g/mol. The van der Waals surface area contributed by atoms with E-state index in [1.54, 1.807) is 31.2 Å². The third kappa shape index (κ3) is 4.22. The van der Waals surface area contributed by atoms with Gasteiger partial charge in [-0.2, -0.15) is 5.26 Å². The van der Waals surface area contributed by atoms with Crippen molar-refractivity contribution in [3.63, 3.8) is 0 Å². The van der Waals surface area contributed by atoms with Gasteiger partial charge in [-0.15, -0.1) is 0 Å². The van der Waals surface area contributed by atoms with Crippen LogP contribution >= 0.6 is 0 Å². The van der Waals surface area contributed by atoms with Crippen LogP contribution in [0.3, 0.4) is 0 Å². The maximum absolute atomic E-state index is 12.2. The Hall–Kier alpha value is -2.06. The average molecular weight is 302 g/mol. The number of nitrogens with one attached hydrogen (secondary N) is 1. The first-order valence-electron chi connectivity index (χ1n) is 7.75. The van der Waals surface area contributed by atoms with Crippen LogP contribution in [0.5, 0.6) is 5.75 Å². The molecule has 1 aromatic carbocycles. The zero-order valence-corrected chi connectivity index (χ0v) is 12.8. The molecule has 1 aromatic rings. The zero-order valence-electron chi connectivity index (χ0n) is 12.8. The third-order valence-electron chi connectivity index (χ3n) is 3.98. The van der Waals surface area contributed by atoms with E-state index in [1.807, 2.05) is 0 Å². The molecule has 0 radical (unpaired) electrons. The largest absolute Gasteiger partial charge is 0.508 e. The molecule has 0 bridgehead atoms. The van der Waals surface area contributed by atoms with Crippen molar-refractivity contribution in [3.05, 3.63) is 29.8 Å². The van der Waals surface area contributed by atoms with Crippen LogP contribution in [0.25, 0.3) is 0 Å². The van der Waals surface area contributed by atoms with Crippen molar-refractivity contribution in [2.45, 2.75) is 44.7 Å². The van der Waals surface area contributed by atoms with Gasteiger partial charge in [-0.3, -0.25) is 5.32 Å². The highest BCUT2D eigenvalue weighted by Crippen LogP contribution is 2.27. The molecule has 0 saturated heterocycles. The molecule has 0 unspecified atom stereocenters. The summed E-state index contributed by atoms with van der Waals surface area (Å²) in [5.41, 5.74) is 0.678. The number of nitriles is 1. The highest BCUT2D eigenvalue weighted by atomic mass is 16.5. The summed E-state index contributed by atoms with van der Waals surface area (Å²) in [4.78, 5) is 12.2. The molecule has 1 fully saturated rings. The number of rotatable bonds is 5. The van der Waals surface area contributed by atoms with Crippen molar-refractivity contribution in [1.82, 2.24) is 5.32 Å². The van der Waals surface area contributed by atoms with Crippen LogP contribution in [-0.4, -0.2) is 23.7 Å². The number of ether oxygens (including phenoxy) is 1. The number of phenolic OH excluding ortho intramolecular Hbond substituents is 1. The molecular formula is C17H22N2O3. The van der Waals surface area contributed by atoms with E-state index in [4.69, 9.17) is 10.00 Å². The summed E-state index contributed by atoms with van der Waals surface area (Å²) in [5.74, 6) is -0.197. The van der Waals surface area contributed by atoms with Crippen molar-refractivity contribution in [3.8, 4) is 11.8 Å². The van der Waals surface area contributed by atoms with Crippen molar-refractivity contribution in [1.29, 1.82) is 5.26 Å². The fourth-order valence-electron chi connectivity index (χ4n) is 2.92. The maximum atomic E-state index is 12.2. The molecule has 2 N–H and O–H groups in total. The van der Waals surface area contributed by atoms with Gasteiger partial charge in [0.05, 0.1) is 12.7 Å². The van der Waals surface area contributed by atoms with E-state index in [9.17, 15) is 9.90 Å². The van der Waals surface area contributed by atoms with E-state index in [0.717, 1.165) is 25.7 Å². The van der Waals surface area contributed by atoms with E-state index in [2.05, 4.69) is 11.4 Å². The van der Waals surface area contributed by atoms with Gasteiger partial charge in [0.15, 0.2) is 0 Å². The lowest BCUT2D eigenvalue weighted by Crippen LogP contribution is -2.40. The molecule has 118 valence electrons. The summed E-state index contributed by atoms with van der Waals surface area (Å²) in [6.07, 6.45) is 3.58. The van der Waals surface area contributed by atoms with Crippen LogP contribution in [-0.2, 0) is 9.53 Å². The predicted octanol–water partition coefficient (Wildman–Crippen LogP) is 2.67. The molecule has 1 aliphatic rings. The van der Waals surface area contributed by atoms with Gasteiger partial charge in [0.2, 0.25) is 0 Å². The summed E-state index contributed by atoms with van der Waals surface area (Å²) < 4.78 is 5.14. The number of hydrogen-bond donors (Lipinski definition) is 2. The van der Waals surface area contributed by atoms with Gasteiger partial charge in [0.1, 0.15) is 11.8 Å². The number of aromatic hydroxyl groups is 1. The van der Waals surface area contributed by atoms with Crippen LogP contribution < -0.4 is 5.32 Å². The second-order valence-corrected chi connectivity index (χ2v) is 5.64. The summed E-state index contributed by atoms with van der Waals surface area (Å²) >= 11 is 0. The van der Waals surface area contributed by atoms with Crippen molar-refractivity contribution >= 4 is 5.97 Å². The second-order valence-electron chi connectivity index (χ2n) is 5.64. The summed E-state index contributed by atoms with van der Waals surface area (Å²) in [7, 11) is 0. The van der Waals surface area contributed by atoms with E-state index in [0.29, 0.717) is 12.2 Å². The number of carbonyl (C=O) groups excluding carboxylic acids is 1. The van der Waals surface area contributed by atoms with Crippen LogP contribution in [0.2, 0.25) is 0 Å². The normalized spacial score (nSPS) is 22.5. The molecular weight excluding hydrogens is 280 g/mol. The summed E-state index contributed by atoms with van der Waals surface area (Å²) in [5, 5.41) is 22.0. The van der Waals surface area contributed by atoms with Crippen LogP contribution in [0.4, 0.5) is 0 Å². The van der Waals surface area contributed by atoms with Gasteiger partial charge < -0.3 is 9.84 Å². The number of carbonyl (C=O) groups is 1. The lowest BCUT2D eigenvalue weighted by Gasteiger charge is -2.29. The number of benzene rings is 1. The van der Waals surface area contributed by atoms with Gasteiger partial charge in [-0.1, -0.05) is 18.6 Å². The lowest BCUT2D eigenvalue weighted by atomic mass is 9.86. The minimum absolute atomic E-state index is 0.0401. The Morgan fingerprint density at radius 3 is 3.05 bits per heavy atom. The molecule has 0 heterocycles. The SMILES string of the molecule is CCOC(=O)[C@H](N[C@H]1CCC[C@H](C#N)C1)c1cccc(O)c1. The Morgan fingerprint density at radius 2 is 2.36 bits per heavy atom. The van der Waals surface area contributed by atoms with E-state index >= 15 is 0 Å². The number of hydrogen-bond acceptors (Lipinski definition) is 5. The number of phenols is 1. The molecule has 5 nitrogen and oxygen atoms in total. The van der Waals surface area contributed by atoms with Crippen LogP contribution in [0.1, 0.15) is 44.2 Å². The van der Waals surface area contributed by atoms with Gasteiger partial charge >= 0.3 is 5.97 Å². The quantitative estimate of drug-likeness (QED) is 0.817. The Bertz CT molecular complexity index is 553. The van der Waals surface area contributed by atoms with Crippen molar-refractivity contribution < 1.29 is 14.6 Å². The van der Waals surface area contributed by atoms with Crippen LogP contribution in [0, 0.1) is 17.2 Å². The molecule has 0 spiro atoms. The first kappa shape index (κ1) is 16.3. The third-order valence-corrected chi connectivity index (χ3v) is 3.98. The molecule has 2 rings (SSSR count). The molecule has 5 heteroatoms. The molecule has 3 atom stereocenters. The van der Waals surface area contributed by atoms with Crippen molar-refractivity contribution in [2.24, 2.45) is 5.92 Å². The molecule has 0 aromatic heterocycles. The van der Waals surface area contributed by atoms with Gasteiger partial charge in [0.25, 0.3) is 0 Å². The highest BCUT2D eigenvalue weighted by molar-refractivity contribution is 5.77. The predicted molar refractivity (Wildman–Crippen MR) is 82.0 cm³/mol. The summed E-state index contributed by atoms with van der Waals surface area (Å²) in [6.45, 7) is 2.07. The molecule has 22 heavy (non-hydrogen) atoms. The molecule has 1 saturated carbocycles. The second kappa shape index (κ2) is 7.81. The Balaban J connectivity index is 2.14. The molecule has 0 aliphatic heterocycles. The minimum atomic E-state index is -0.616. The van der Waals surface area contributed by atoms with E-state index < -0.39 is 6.04 Å². The smallest absolute Gasteiger partial charge is 0.327 e. The van der Waals surface area contributed by atoms with E-state index in [-0.39, 0.29) is 23.7 Å². The van der Waals surface area contributed by atoms with Gasteiger partial charge in [0, 0.05) is 12.0 Å². The average Bonchev–Trinajstić information content (AvgIpc) is 2.53. The number of nitrogens with zero attached hydrogens (tertiary/aromatic N) is 1. The lowest BCUT2D eigenvalue weighted by molar-refractivity contribution is -0.146. The van der Waals surface area contributed by atoms with E-state index in [1.165, 1.54) is 0 Å². The van der Waals surface area contributed by atoms with Gasteiger partial charge in [-0.05, 0) is 43.9 Å².